The first kappa shape index (κ1) is 12.7. The third-order valence-corrected chi connectivity index (χ3v) is 3.44. The highest BCUT2D eigenvalue weighted by atomic mass is 32.1. The maximum atomic E-state index is 3.48. The molecule has 0 aliphatic heterocycles. The summed E-state index contributed by atoms with van der Waals surface area (Å²) in [5.41, 5.74) is 0. The van der Waals surface area contributed by atoms with Gasteiger partial charge in [0.25, 0.3) is 0 Å². The van der Waals surface area contributed by atoms with Gasteiger partial charge >= 0.3 is 0 Å². The second-order valence-corrected chi connectivity index (χ2v) is 5.94. The Hall–Kier alpha value is -0.340. The molecule has 0 unspecified atom stereocenters. The summed E-state index contributed by atoms with van der Waals surface area (Å²) in [5, 5.41) is 3.48. The fourth-order valence-corrected chi connectivity index (χ4v) is 2.49. The number of unbranched alkanes of at least 4 members (excludes halogenated alkanes) is 1. The van der Waals surface area contributed by atoms with Gasteiger partial charge in [-0.3, -0.25) is 0 Å². The van der Waals surface area contributed by atoms with Crippen molar-refractivity contribution in [2.75, 3.05) is 13.1 Å². The first-order valence-electron chi connectivity index (χ1n) is 5.94. The third kappa shape index (κ3) is 5.95. The number of thiophene rings is 1. The Morgan fingerprint density at radius 2 is 2.07 bits per heavy atom. The summed E-state index contributed by atoms with van der Waals surface area (Å²) in [6.07, 6.45) is 3.86. The first-order valence-corrected chi connectivity index (χ1v) is 6.76. The van der Waals surface area contributed by atoms with Gasteiger partial charge in [0.1, 0.15) is 0 Å². The molecule has 0 saturated heterocycles. The lowest BCUT2D eigenvalue weighted by atomic mass is 10.2. The van der Waals surface area contributed by atoms with Gasteiger partial charge in [-0.05, 0) is 57.3 Å². The van der Waals surface area contributed by atoms with Crippen molar-refractivity contribution in [1.82, 2.24) is 5.32 Å². The van der Waals surface area contributed by atoms with Gasteiger partial charge in [0.15, 0.2) is 0 Å². The van der Waals surface area contributed by atoms with Crippen LogP contribution in [0.1, 0.15) is 36.4 Å². The van der Waals surface area contributed by atoms with Crippen LogP contribution in [-0.4, -0.2) is 13.1 Å². The van der Waals surface area contributed by atoms with Gasteiger partial charge in [0.2, 0.25) is 0 Å². The average Bonchev–Trinajstić information content (AvgIpc) is 2.57. The van der Waals surface area contributed by atoms with Crippen LogP contribution in [0.5, 0.6) is 0 Å². The van der Waals surface area contributed by atoms with Crippen molar-refractivity contribution in [1.29, 1.82) is 0 Å². The lowest BCUT2D eigenvalue weighted by Crippen LogP contribution is -2.20. The minimum Gasteiger partial charge on any atom is -0.316 e. The van der Waals surface area contributed by atoms with Gasteiger partial charge < -0.3 is 5.32 Å². The van der Waals surface area contributed by atoms with Crippen molar-refractivity contribution in [3.63, 3.8) is 0 Å². The molecular weight excluding hydrogens is 202 g/mol. The lowest BCUT2D eigenvalue weighted by molar-refractivity contribution is 0.536. The zero-order valence-corrected chi connectivity index (χ0v) is 11.0. The number of hydrogen-bond donors (Lipinski definition) is 1. The highest BCUT2D eigenvalue weighted by molar-refractivity contribution is 7.11. The van der Waals surface area contributed by atoms with E-state index >= 15 is 0 Å². The molecule has 1 heterocycles. The van der Waals surface area contributed by atoms with Crippen molar-refractivity contribution in [3.8, 4) is 0 Å². The molecule has 2 heteroatoms. The zero-order chi connectivity index (χ0) is 11.1. The minimum atomic E-state index is 0.768. The van der Waals surface area contributed by atoms with Crippen LogP contribution in [0.2, 0.25) is 0 Å². The van der Waals surface area contributed by atoms with Crippen LogP contribution in [-0.2, 0) is 6.42 Å². The van der Waals surface area contributed by atoms with Crippen molar-refractivity contribution in [2.24, 2.45) is 5.92 Å². The molecule has 0 fully saturated rings. The molecule has 1 N–H and O–H groups in total. The molecule has 0 saturated carbocycles. The maximum absolute atomic E-state index is 3.48. The molecule has 0 aliphatic carbocycles. The smallest absolute Gasteiger partial charge is 0.00480 e. The SMILES string of the molecule is Cc1ccc(CCCCNCC(C)C)s1. The fourth-order valence-electron chi connectivity index (χ4n) is 1.56. The van der Waals surface area contributed by atoms with E-state index in [0.717, 1.165) is 12.5 Å². The summed E-state index contributed by atoms with van der Waals surface area (Å²) in [6, 6.07) is 4.48. The van der Waals surface area contributed by atoms with Crippen LogP contribution in [0, 0.1) is 12.8 Å². The molecule has 1 rings (SSSR count). The van der Waals surface area contributed by atoms with Crippen molar-refractivity contribution >= 4 is 11.3 Å². The number of rotatable bonds is 7. The Kier molecular flexibility index (Phi) is 5.96. The minimum absolute atomic E-state index is 0.768. The summed E-state index contributed by atoms with van der Waals surface area (Å²) in [6.45, 7) is 9.00. The zero-order valence-electron chi connectivity index (χ0n) is 10.2. The first-order chi connectivity index (χ1) is 7.18. The van der Waals surface area contributed by atoms with Crippen LogP contribution in [0.4, 0.5) is 0 Å². The topological polar surface area (TPSA) is 12.0 Å². The van der Waals surface area contributed by atoms with E-state index in [9.17, 15) is 0 Å². The van der Waals surface area contributed by atoms with Crippen molar-refractivity contribution < 1.29 is 0 Å². The summed E-state index contributed by atoms with van der Waals surface area (Å²) in [5.74, 6) is 0.768. The van der Waals surface area contributed by atoms with Crippen LogP contribution in [0.25, 0.3) is 0 Å². The quantitative estimate of drug-likeness (QED) is 0.699. The lowest BCUT2D eigenvalue weighted by Gasteiger charge is -2.06. The van der Waals surface area contributed by atoms with E-state index < -0.39 is 0 Å². The van der Waals surface area contributed by atoms with E-state index in [0.29, 0.717) is 0 Å². The predicted molar refractivity (Wildman–Crippen MR) is 69.7 cm³/mol. The van der Waals surface area contributed by atoms with E-state index in [1.807, 2.05) is 11.3 Å². The number of hydrogen-bond acceptors (Lipinski definition) is 2. The number of nitrogens with one attached hydrogen (secondary N) is 1. The highest BCUT2D eigenvalue weighted by Crippen LogP contribution is 2.16. The molecule has 1 aromatic rings. The van der Waals surface area contributed by atoms with E-state index in [1.165, 1.54) is 35.6 Å². The van der Waals surface area contributed by atoms with Gasteiger partial charge in [-0.2, -0.15) is 0 Å². The van der Waals surface area contributed by atoms with Crippen molar-refractivity contribution in [2.45, 2.75) is 40.0 Å². The molecule has 1 aromatic heterocycles. The van der Waals surface area contributed by atoms with Crippen molar-refractivity contribution in [3.05, 3.63) is 21.9 Å². The largest absolute Gasteiger partial charge is 0.316 e. The Balaban J connectivity index is 1.98. The van der Waals surface area contributed by atoms with Crippen LogP contribution in [0.3, 0.4) is 0 Å². The summed E-state index contributed by atoms with van der Waals surface area (Å²) in [4.78, 5) is 2.97. The molecule has 0 aliphatic rings. The van der Waals surface area contributed by atoms with Gasteiger partial charge in [0, 0.05) is 9.75 Å². The van der Waals surface area contributed by atoms with E-state index in [2.05, 4.69) is 38.2 Å². The Morgan fingerprint density at radius 3 is 2.67 bits per heavy atom. The molecule has 1 nitrogen and oxygen atoms in total. The second kappa shape index (κ2) is 7.02. The molecule has 0 spiro atoms. The Morgan fingerprint density at radius 1 is 1.27 bits per heavy atom. The van der Waals surface area contributed by atoms with Crippen LogP contribution < -0.4 is 5.32 Å². The molecule has 0 radical (unpaired) electrons. The van der Waals surface area contributed by atoms with Gasteiger partial charge in [0.05, 0.1) is 0 Å². The second-order valence-electron chi connectivity index (χ2n) is 4.57. The van der Waals surface area contributed by atoms with Crippen LogP contribution >= 0.6 is 11.3 Å². The molecule has 0 bridgehead atoms. The van der Waals surface area contributed by atoms with Gasteiger partial charge in [-0.1, -0.05) is 13.8 Å². The summed E-state index contributed by atoms with van der Waals surface area (Å²) in [7, 11) is 0. The molecule has 0 atom stereocenters. The molecule has 0 amide bonds. The van der Waals surface area contributed by atoms with E-state index in [4.69, 9.17) is 0 Å². The standard InChI is InChI=1S/C13H23NS/c1-11(2)10-14-9-5-4-6-13-8-7-12(3)15-13/h7-8,11,14H,4-6,9-10H2,1-3H3. The monoisotopic (exact) mass is 225 g/mol. The van der Waals surface area contributed by atoms with E-state index in [1.54, 1.807) is 0 Å². The predicted octanol–water partition coefficient (Wildman–Crippen LogP) is 3.62. The van der Waals surface area contributed by atoms with Gasteiger partial charge in [-0.25, -0.2) is 0 Å². The third-order valence-electron chi connectivity index (χ3n) is 2.38. The summed E-state index contributed by atoms with van der Waals surface area (Å²) >= 11 is 1.94. The average molecular weight is 225 g/mol. The Bertz CT molecular complexity index is 265. The number of aryl methyl sites for hydroxylation is 2. The molecular formula is C13H23NS. The fraction of sp³-hybridized carbons (Fsp3) is 0.692. The molecule has 0 aromatic carbocycles. The molecule has 15 heavy (non-hydrogen) atoms. The summed E-state index contributed by atoms with van der Waals surface area (Å²) < 4.78 is 0. The van der Waals surface area contributed by atoms with Crippen LogP contribution in [0.15, 0.2) is 12.1 Å². The van der Waals surface area contributed by atoms with Gasteiger partial charge in [-0.15, -0.1) is 11.3 Å². The highest BCUT2D eigenvalue weighted by Gasteiger charge is 1.97. The maximum Gasteiger partial charge on any atom is 0.00480 e. The Labute approximate surface area is 97.9 Å². The molecule has 86 valence electrons. The van der Waals surface area contributed by atoms with E-state index in [-0.39, 0.29) is 0 Å². The normalized spacial score (nSPS) is 11.2.